The zero-order chi connectivity index (χ0) is 18.9. The van der Waals surface area contributed by atoms with Gasteiger partial charge in [0.05, 0.1) is 16.4 Å². The molecule has 0 unspecified atom stereocenters. The molecule has 1 N–H and O–H groups in total. The van der Waals surface area contributed by atoms with E-state index in [2.05, 4.69) is 61.6 Å². The molecular weight excluding hydrogens is 558 g/mol. The van der Waals surface area contributed by atoms with Crippen molar-refractivity contribution in [1.82, 2.24) is 5.43 Å². The lowest BCUT2D eigenvalue weighted by molar-refractivity contribution is 0.0955. The summed E-state index contributed by atoms with van der Waals surface area (Å²) in [5, 5.41) is 4.02. The molecule has 134 valence electrons. The lowest BCUT2D eigenvalue weighted by atomic mass is 10.2. The lowest BCUT2D eigenvalue weighted by Crippen LogP contribution is -2.17. The fourth-order valence-corrected chi connectivity index (χ4v) is 3.15. The quantitative estimate of drug-likeness (QED) is 0.235. The van der Waals surface area contributed by atoms with Crippen molar-refractivity contribution in [3.05, 3.63) is 54.7 Å². The molecule has 0 fully saturated rings. The molecule has 0 aliphatic carbocycles. The van der Waals surface area contributed by atoms with Crippen LogP contribution in [0.15, 0.2) is 41.5 Å². The molecule has 0 saturated carbocycles. The number of terminal acetylenes is 1. The van der Waals surface area contributed by atoms with E-state index >= 15 is 0 Å². The van der Waals surface area contributed by atoms with Crippen molar-refractivity contribution in [3.63, 3.8) is 0 Å². The van der Waals surface area contributed by atoms with Crippen molar-refractivity contribution >= 4 is 57.3 Å². The number of hydrogen-bond donors (Lipinski definition) is 1. The van der Waals surface area contributed by atoms with Gasteiger partial charge in [-0.15, -0.1) is 6.42 Å². The Morgan fingerprint density at radius 1 is 1.27 bits per heavy atom. The minimum atomic E-state index is -0.272. The molecule has 2 aromatic rings. The van der Waals surface area contributed by atoms with E-state index in [1.807, 2.05) is 25.1 Å². The molecular formula is C19H16I2N2O3. The first kappa shape index (κ1) is 20.5. The third-order valence-electron chi connectivity index (χ3n) is 3.12. The summed E-state index contributed by atoms with van der Waals surface area (Å²) in [6, 6.07) is 10.9. The summed E-state index contributed by atoms with van der Waals surface area (Å²) in [5.41, 5.74) is 3.83. The molecule has 7 heteroatoms. The van der Waals surface area contributed by atoms with Crippen LogP contribution in [0.5, 0.6) is 11.5 Å². The maximum atomic E-state index is 12.1. The average molecular weight is 574 g/mol. The van der Waals surface area contributed by atoms with Gasteiger partial charge in [-0.2, -0.15) is 5.10 Å². The molecule has 0 aliphatic heterocycles. The van der Waals surface area contributed by atoms with Gasteiger partial charge in [-0.3, -0.25) is 4.79 Å². The van der Waals surface area contributed by atoms with Crippen LogP contribution < -0.4 is 14.9 Å². The third kappa shape index (κ3) is 5.88. The van der Waals surface area contributed by atoms with Gasteiger partial charge in [-0.25, -0.2) is 5.43 Å². The molecule has 26 heavy (non-hydrogen) atoms. The highest BCUT2D eigenvalue weighted by Gasteiger charge is 2.11. The second-order valence-electron chi connectivity index (χ2n) is 4.96. The molecule has 2 aromatic carbocycles. The maximum absolute atomic E-state index is 12.1. The minimum absolute atomic E-state index is 0.162. The van der Waals surface area contributed by atoms with E-state index in [-0.39, 0.29) is 12.5 Å². The van der Waals surface area contributed by atoms with Crippen molar-refractivity contribution in [3.8, 4) is 23.8 Å². The van der Waals surface area contributed by atoms with Gasteiger partial charge in [0.1, 0.15) is 6.61 Å². The molecule has 0 aromatic heterocycles. The van der Waals surface area contributed by atoms with Crippen LogP contribution in [0.3, 0.4) is 0 Å². The number of hydrogen-bond acceptors (Lipinski definition) is 4. The van der Waals surface area contributed by atoms with Crippen LogP contribution in [-0.2, 0) is 0 Å². The topological polar surface area (TPSA) is 59.9 Å². The Morgan fingerprint density at radius 3 is 2.65 bits per heavy atom. The van der Waals surface area contributed by atoms with E-state index in [9.17, 15) is 4.79 Å². The van der Waals surface area contributed by atoms with Crippen molar-refractivity contribution < 1.29 is 14.3 Å². The summed E-state index contributed by atoms with van der Waals surface area (Å²) >= 11 is 4.33. The van der Waals surface area contributed by atoms with E-state index in [1.54, 1.807) is 24.4 Å². The van der Waals surface area contributed by atoms with Crippen molar-refractivity contribution in [2.24, 2.45) is 5.10 Å². The lowest BCUT2D eigenvalue weighted by Gasteiger charge is -2.13. The third-order valence-corrected chi connectivity index (χ3v) is 4.64. The van der Waals surface area contributed by atoms with Crippen molar-refractivity contribution in [2.45, 2.75) is 6.92 Å². The SMILES string of the molecule is C#CCOc1c(I)cc(/C=N\NC(=O)c2ccc(I)cc2)cc1OCC. The predicted molar refractivity (Wildman–Crippen MR) is 119 cm³/mol. The standard InChI is InChI=1S/C19H16I2N2O3/c1-3-9-26-18-16(21)10-13(11-17(18)25-4-2)12-22-23-19(24)14-5-7-15(20)8-6-14/h1,5-8,10-12H,4,9H2,2H3,(H,23,24)/b22-12-. The second kappa shape index (κ2) is 10.4. The van der Waals surface area contributed by atoms with Crippen LogP contribution in [0.1, 0.15) is 22.8 Å². The maximum Gasteiger partial charge on any atom is 0.271 e. The first-order valence-corrected chi connectivity index (χ1v) is 9.82. The Labute approximate surface area is 179 Å². The average Bonchev–Trinajstić information content (AvgIpc) is 2.62. The molecule has 5 nitrogen and oxygen atoms in total. The Morgan fingerprint density at radius 2 is 2.00 bits per heavy atom. The van der Waals surface area contributed by atoms with Gasteiger partial charge in [0.25, 0.3) is 5.91 Å². The summed E-state index contributed by atoms with van der Waals surface area (Å²) < 4.78 is 13.1. The van der Waals surface area contributed by atoms with Gasteiger partial charge in [-0.05, 0) is 94.1 Å². The summed E-state index contributed by atoms with van der Waals surface area (Å²) in [5.74, 6) is 3.35. The van der Waals surface area contributed by atoms with Crippen LogP contribution in [0, 0.1) is 19.5 Å². The highest BCUT2D eigenvalue weighted by Crippen LogP contribution is 2.33. The van der Waals surface area contributed by atoms with E-state index in [1.165, 1.54) is 0 Å². The number of amides is 1. The number of benzene rings is 2. The minimum Gasteiger partial charge on any atom is -0.490 e. The molecule has 0 spiro atoms. The van der Waals surface area contributed by atoms with Gasteiger partial charge in [0.2, 0.25) is 0 Å². The van der Waals surface area contributed by atoms with Crippen LogP contribution in [-0.4, -0.2) is 25.3 Å². The fraction of sp³-hybridized carbons (Fsp3) is 0.158. The molecule has 1 amide bonds. The first-order chi connectivity index (χ1) is 12.5. The van der Waals surface area contributed by atoms with Gasteiger partial charge < -0.3 is 9.47 Å². The Bertz CT molecular complexity index is 843. The highest BCUT2D eigenvalue weighted by atomic mass is 127. The van der Waals surface area contributed by atoms with Crippen LogP contribution >= 0.6 is 45.2 Å². The van der Waals surface area contributed by atoms with Crippen LogP contribution in [0.4, 0.5) is 0 Å². The van der Waals surface area contributed by atoms with Gasteiger partial charge in [0.15, 0.2) is 11.5 Å². The Balaban J connectivity index is 2.12. The van der Waals surface area contributed by atoms with Gasteiger partial charge in [0, 0.05) is 9.13 Å². The number of halogens is 2. The highest BCUT2D eigenvalue weighted by molar-refractivity contribution is 14.1. The molecule has 0 saturated heterocycles. The zero-order valence-electron chi connectivity index (χ0n) is 14.0. The number of hydrazone groups is 1. The predicted octanol–water partition coefficient (Wildman–Crippen LogP) is 4.07. The van der Waals surface area contributed by atoms with Gasteiger partial charge >= 0.3 is 0 Å². The number of carbonyl (C=O) groups is 1. The smallest absolute Gasteiger partial charge is 0.271 e. The summed E-state index contributed by atoms with van der Waals surface area (Å²) in [7, 11) is 0. The molecule has 0 aliphatic rings. The normalized spacial score (nSPS) is 10.4. The monoisotopic (exact) mass is 574 g/mol. The van der Waals surface area contributed by atoms with Gasteiger partial charge in [-0.1, -0.05) is 5.92 Å². The first-order valence-electron chi connectivity index (χ1n) is 7.66. The number of carbonyl (C=O) groups excluding carboxylic acids is 1. The molecule has 0 radical (unpaired) electrons. The Kier molecular flexibility index (Phi) is 8.18. The number of nitrogens with one attached hydrogen (secondary N) is 1. The molecule has 0 atom stereocenters. The fourth-order valence-electron chi connectivity index (χ4n) is 2.01. The largest absolute Gasteiger partial charge is 0.490 e. The number of rotatable bonds is 7. The second-order valence-corrected chi connectivity index (χ2v) is 7.37. The van der Waals surface area contributed by atoms with Crippen LogP contribution in [0.25, 0.3) is 0 Å². The van der Waals surface area contributed by atoms with E-state index in [0.29, 0.717) is 23.7 Å². The molecule has 0 heterocycles. The van der Waals surface area contributed by atoms with E-state index in [0.717, 1.165) is 12.7 Å². The number of ether oxygens (including phenoxy) is 2. The summed E-state index contributed by atoms with van der Waals surface area (Å²) in [6.45, 7) is 2.54. The number of nitrogens with zero attached hydrogens (tertiary/aromatic N) is 1. The van der Waals surface area contributed by atoms with Crippen LogP contribution in [0.2, 0.25) is 0 Å². The van der Waals surface area contributed by atoms with Crippen molar-refractivity contribution in [2.75, 3.05) is 13.2 Å². The molecule has 2 rings (SSSR count). The summed E-state index contributed by atoms with van der Waals surface area (Å²) in [4.78, 5) is 12.1. The molecule has 0 bridgehead atoms. The van der Waals surface area contributed by atoms with Crippen molar-refractivity contribution in [1.29, 1.82) is 0 Å². The van der Waals surface area contributed by atoms with E-state index in [4.69, 9.17) is 15.9 Å². The Hall–Kier alpha value is -1.80. The zero-order valence-corrected chi connectivity index (χ0v) is 18.3. The van der Waals surface area contributed by atoms with E-state index < -0.39 is 0 Å². The summed E-state index contributed by atoms with van der Waals surface area (Å²) in [6.07, 6.45) is 6.81.